The lowest BCUT2D eigenvalue weighted by Crippen LogP contribution is -1.97. The Kier molecular flexibility index (Phi) is 4.01. The van der Waals surface area contributed by atoms with Gasteiger partial charge in [0.05, 0.1) is 18.1 Å². The summed E-state index contributed by atoms with van der Waals surface area (Å²) in [5.41, 5.74) is 8.80. The molecule has 0 fully saturated rings. The lowest BCUT2D eigenvalue weighted by atomic mass is 10.2. The van der Waals surface area contributed by atoms with E-state index in [1.54, 1.807) is 10.9 Å². The van der Waals surface area contributed by atoms with Crippen molar-refractivity contribution in [3.63, 3.8) is 0 Å². The number of benzene rings is 2. The maximum absolute atomic E-state index is 5.92. The van der Waals surface area contributed by atoms with Gasteiger partial charge in [0.2, 0.25) is 5.95 Å². The van der Waals surface area contributed by atoms with Crippen molar-refractivity contribution in [2.75, 3.05) is 5.73 Å². The second kappa shape index (κ2) is 6.09. The van der Waals surface area contributed by atoms with E-state index in [-0.39, 0.29) is 0 Å². The molecule has 0 aliphatic carbocycles. The average Bonchev–Trinajstić information content (AvgIpc) is 2.89. The number of hydrogen-bond acceptors (Lipinski definition) is 3. The molecule has 0 amide bonds. The Morgan fingerprint density at radius 2 is 1.76 bits per heavy atom. The minimum Gasteiger partial charge on any atom is -0.368 e. The third kappa shape index (κ3) is 3.13. The van der Waals surface area contributed by atoms with Crippen molar-refractivity contribution in [1.29, 1.82) is 0 Å². The molecular formula is C16H13IN4. The Balaban J connectivity index is 1.91. The largest absolute Gasteiger partial charge is 0.368 e. The van der Waals surface area contributed by atoms with Crippen LogP contribution in [0.5, 0.6) is 0 Å². The molecule has 2 N–H and O–H groups in total. The molecule has 1 heterocycles. The summed E-state index contributed by atoms with van der Waals surface area (Å²) in [6, 6.07) is 17.9. The smallest absolute Gasteiger partial charge is 0.221 e. The molecule has 0 unspecified atom stereocenters. The molecule has 0 radical (unpaired) electrons. The average molecular weight is 388 g/mol. The Hall–Kier alpha value is -2.15. The first-order valence-corrected chi connectivity index (χ1v) is 7.51. The summed E-state index contributed by atoms with van der Waals surface area (Å²) in [5, 5.41) is 4.38. The number of nitrogens with two attached hydrogens (primary N) is 1. The van der Waals surface area contributed by atoms with Crippen LogP contribution < -0.4 is 5.73 Å². The molecule has 4 nitrogen and oxygen atoms in total. The van der Waals surface area contributed by atoms with Crippen LogP contribution >= 0.6 is 22.6 Å². The third-order valence-corrected chi connectivity index (χ3v) is 3.99. The molecule has 3 rings (SSSR count). The first kappa shape index (κ1) is 13.8. The van der Waals surface area contributed by atoms with Crippen molar-refractivity contribution in [2.45, 2.75) is 0 Å². The summed E-state index contributed by atoms with van der Waals surface area (Å²) >= 11 is 2.28. The molecule has 0 aliphatic rings. The lowest BCUT2D eigenvalue weighted by molar-refractivity contribution is 0.898. The van der Waals surface area contributed by atoms with Gasteiger partial charge in [0.15, 0.2) is 0 Å². The van der Waals surface area contributed by atoms with E-state index in [0.717, 1.165) is 20.4 Å². The minimum absolute atomic E-state index is 0.371. The zero-order valence-corrected chi connectivity index (χ0v) is 13.3. The van der Waals surface area contributed by atoms with Gasteiger partial charge >= 0.3 is 0 Å². The Morgan fingerprint density at radius 3 is 2.52 bits per heavy atom. The van der Waals surface area contributed by atoms with Gasteiger partial charge in [0, 0.05) is 14.7 Å². The maximum Gasteiger partial charge on any atom is 0.221 e. The van der Waals surface area contributed by atoms with Crippen LogP contribution in [0.25, 0.3) is 11.3 Å². The zero-order chi connectivity index (χ0) is 14.7. The van der Waals surface area contributed by atoms with E-state index >= 15 is 0 Å². The zero-order valence-electron chi connectivity index (χ0n) is 11.1. The highest BCUT2D eigenvalue weighted by atomic mass is 127. The highest BCUT2D eigenvalue weighted by Crippen LogP contribution is 2.19. The van der Waals surface area contributed by atoms with Gasteiger partial charge in [-0.3, -0.25) is 0 Å². The number of hydrogen-bond donors (Lipinski definition) is 1. The van der Waals surface area contributed by atoms with Gasteiger partial charge in [-0.05, 0) is 28.7 Å². The van der Waals surface area contributed by atoms with E-state index in [2.05, 4.69) is 32.7 Å². The Morgan fingerprint density at radius 1 is 1.05 bits per heavy atom. The molecule has 0 saturated heterocycles. The van der Waals surface area contributed by atoms with Crippen LogP contribution in [-0.2, 0) is 0 Å². The van der Waals surface area contributed by atoms with Gasteiger partial charge in [-0.15, -0.1) is 0 Å². The maximum atomic E-state index is 5.92. The van der Waals surface area contributed by atoms with Gasteiger partial charge in [0.1, 0.15) is 0 Å². The quantitative estimate of drug-likeness (QED) is 0.551. The summed E-state index contributed by atoms with van der Waals surface area (Å²) in [6.45, 7) is 0. The number of nitrogens with zero attached hydrogens (tertiary/aromatic N) is 3. The predicted octanol–water partition coefficient (Wildman–Crippen LogP) is 3.62. The van der Waals surface area contributed by atoms with Crippen LogP contribution in [0.15, 0.2) is 65.9 Å². The lowest BCUT2D eigenvalue weighted by Gasteiger charge is -1.97. The summed E-state index contributed by atoms with van der Waals surface area (Å²) in [5.74, 6) is 0.371. The molecule has 0 atom stereocenters. The van der Waals surface area contributed by atoms with Crippen molar-refractivity contribution >= 4 is 34.8 Å². The molecule has 0 saturated carbocycles. The highest BCUT2D eigenvalue weighted by molar-refractivity contribution is 14.1. The molecular weight excluding hydrogens is 375 g/mol. The second-order valence-corrected chi connectivity index (χ2v) is 5.62. The van der Waals surface area contributed by atoms with E-state index in [1.807, 2.05) is 60.8 Å². The van der Waals surface area contributed by atoms with Crippen LogP contribution in [0, 0.1) is 3.57 Å². The predicted molar refractivity (Wildman–Crippen MR) is 94.2 cm³/mol. The Labute approximate surface area is 136 Å². The van der Waals surface area contributed by atoms with Crippen molar-refractivity contribution in [3.8, 4) is 11.3 Å². The van der Waals surface area contributed by atoms with Crippen LogP contribution in [0.3, 0.4) is 0 Å². The van der Waals surface area contributed by atoms with Gasteiger partial charge in [-0.2, -0.15) is 5.10 Å². The Bertz CT molecular complexity index is 778. The molecule has 21 heavy (non-hydrogen) atoms. The van der Waals surface area contributed by atoms with Gasteiger partial charge in [0.25, 0.3) is 0 Å². The second-order valence-electron chi connectivity index (χ2n) is 4.46. The minimum atomic E-state index is 0.371. The molecule has 0 bridgehead atoms. The van der Waals surface area contributed by atoms with Crippen LogP contribution in [0.1, 0.15) is 5.56 Å². The molecule has 2 aromatic carbocycles. The molecule has 3 aromatic rings. The van der Waals surface area contributed by atoms with Crippen LogP contribution in [0.2, 0.25) is 0 Å². The summed E-state index contributed by atoms with van der Waals surface area (Å²) < 4.78 is 2.73. The SMILES string of the molecule is Nc1nc(-c2ccccc2)cn1/N=C/c1ccccc1I. The molecule has 5 heteroatoms. The van der Waals surface area contributed by atoms with E-state index < -0.39 is 0 Å². The van der Waals surface area contributed by atoms with E-state index in [0.29, 0.717) is 5.95 Å². The fourth-order valence-electron chi connectivity index (χ4n) is 1.93. The van der Waals surface area contributed by atoms with Crippen molar-refractivity contribution in [2.24, 2.45) is 5.10 Å². The molecule has 1 aromatic heterocycles. The number of nitrogen functional groups attached to an aromatic ring is 1. The van der Waals surface area contributed by atoms with Gasteiger partial charge < -0.3 is 5.73 Å². The first-order valence-electron chi connectivity index (χ1n) is 6.43. The van der Waals surface area contributed by atoms with E-state index in [4.69, 9.17) is 5.73 Å². The fourth-order valence-corrected chi connectivity index (χ4v) is 2.46. The van der Waals surface area contributed by atoms with Gasteiger partial charge in [-0.25, -0.2) is 9.66 Å². The third-order valence-electron chi connectivity index (χ3n) is 3.01. The summed E-state index contributed by atoms with van der Waals surface area (Å²) in [6.07, 6.45) is 3.62. The fraction of sp³-hybridized carbons (Fsp3) is 0. The standard InChI is InChI=1S/C16H13IN4/c17-14-9-5-4-8-13(14)10-19-21-11-15(20-16(21)18)12-6-2-1-3-7-12/h1-11H,(H2,18,20)/b19-10+. The first-order chi connectivity index (χ1) is 10.2. The van der Waals surface area contributed by atoms with Gasteiger partial charge in [-0.1, -0.05) is 48.5 Å². The summed E-state index contributed by atoms with van der Waals surface area (Å²) in [7, 11) is 0. The number of imidazole rings is 1. The number of anilines is 1. The molecule has 0 aliphatic heterocycles. The number of rotatable bonds is 3. The van der Waals surface area contributed by atoms with E-state index in [1.165, 1.54) is 0 Å². The van der Waals surface area contributed by atoms with Crippen molar-refractivity contribution in [1.82, 2.24) is 9.66 Å². The van der Waals surface area contributed by atoms with Crippen LogP contribution in [-0.4, -0.2) is 15.9 Å². The van der Waals surface area contributed by atoms with E-state index in [9.17, 15) is 0 Å². The molecule has 0 spiro atoms. The number of halogens is 1. The number of aromatic nitrogens is 2. The normalized spacial score (nSPS) is 11.1. The highest BCUT2D eigenvalue weighted by Gasteiger charge is 2.05. The monoisotopic (exact) mass is 388 g/mol. The topological polar surface area (TPSA) is 56.2 Å². The van der Waals surface area contributed by atoms with Crippen molar-refractivity contribution < 1.29 is 0 Å². The van der Waals surface area contributed by atoms with Crippen LogP contribution in [0.4, 0.5) is 5.95 Å². The molecule has 104 valence electrons. The van der Waals surface area contributed by atoms with Crippen molar-refractivity contribution in [3.05, 3.63) is 69.9 Å². The summed E-state index contributed by atoms with van der Waals surface area (Å²) in [4.78, 5) is 4.34.